The average Bonchev–Trinajstić information content (AvgIpc) is 2.90. The van der Waals surface area contributed by atoms with Gasteiger partial charge in [-0.15, -0.1) is 0 Å². The smallest absolute Gasteiger partial charge is 0.457 e. The minimum Gasteiger partial charge on any atom is -0.457 e. The van der Waals surface area contributed by atoms with Crippen LogP contribution in [0.25, 0.3) is 0 Å². The molecule has 0 aromatic carbocycles. The standard InChI is InChI=1S/C32H62NO7P/c1-6-8-10-12-13-14-15-16-17-18-19-20-22-24-27-37-29-31(40-32(34)25-23-21-11-9-7-2)30-39-41(35,36)38-28-26-33(3,4)5/h10,12,14-15,31H,6-9,11,13,16-30H2,1-5H3/p+1/b12-10-,15-14-. The number of hydrogen-bond donors (Lipinski definition) is 1. The highest BCUT2D eigenvalue weighted by Gasteiger charge is 2.26. The summed E-state index contributed by atoms with van der Waals surface area (Å²) < 4.78 is 34.5. The average molecular weight is 605 g/mol. The van der Waals surface area contributed by atoms with Gasteiger partial charge in [0.05, 0.1) is 34.4 Å². The first-order valence-corrected chi connectivity index (χ1v) is 17.6. The largest absolute Gasteiger partial charge is 0.472 e. The maximum Gasteiger partial charge on any atom is 0.472 e. The zero-order valence-electron chi connectivity index (χ0n) is 27.0. The van der Waals surface area contributed by atoms with Crippen molar-refractivity contribution in [1.82, 2.24) is 0 Å². The van der Waals surface area contributed by atoms with Crippen LogP contribution in [-0.2, 0) is 27.9 Å². The first-order valence-electron chi connectivity index (χ1n) is 16.1. The van der Waals surface area contributed by atoms with Crippen molar-refractivity contribution in [2.75, 3.05) is 54.1 Å². The summed E-state index contributed by atoms with van der Waals surface area (Å²) in [5, 5.41) is 0. The van der Waals surface area contributed by atoms with Crippen LogP contribution >= 0.6 is 7.82 Å². The van der Waals surface area contributed by atoms with Gasteiger partial charge in [-0.05, 0) is 38.5 Å². The second kappa shape index (κ2) is 26.6. The van der Waals surface area contributed by atoms with E-state index in [1.165, 1.54) is 38.5 Å². The van der Waals surface area contributed by atoms with Gasteiger partial charge in [0.2, 0.25) is 0 Å². The number of likely N-dealkylation sites (N-methyl/N-ethyl adjacent to an activating group) is 1. The van der Waals surface area contributed by atoms with Gasteiger partial charge in [-0.25, -0.2) is 4.57 Å². The van der Waals surface area contributed by atoms with Crippen molar-refractivity contribution >= 4 is 13.8 Å². The quantitative estimate of drug-likeness (QED) is 0.0303. The van der Waals surface area contributed by atoms with E-state index in [0.717, 1.165) is 57.8 Å². The van der Waals surface area contributed by atoms with Crippen LogP contribution in [-0.4, -0.2) is 75.6 Å². The molecule has 0 fully saturated rings. The van der Waals surface area contributed by atoms with Crippen molar-refractivity contribution in [3.63, 3.8) is 0 Å². The van der Waals surface area contributed by atoms with Crippen LogP contribution < -0.4 is 0 Å². The predicted molar refractivity (Wildman–Crippen MR) is 169 cm³/mol. The predicted octanol–water partition coefficient (Wildman–Crippen LogP) is 8.15. The van der Waals surface area contributed by atoms with Crippen LogP contribution in [0.3, 0.4) is 0 Å². The highest BCUT2D eigenvalue weighted by Crippen LogP contribution is 2.43. The Hall–Kier alpha value is -1.02. The van der Waals surface area contributed by atoms with E-state index in [4.69, 9.17) is 18.5 Å². The molecule has 1 N–H and O–H groups in total. The van der Waals surface area contributed by atoms with Gasteiger partial charge in [0.25, 0.3) is 0 Å². The molecule has 0 bridgehead atoms. The lowest BCUT2D eigenvalue weighted by molar-refractivity contribution is -0.870. The number of carbonyl (C=O) groups excluding carboxylic acids is 1. The van der Waals surface area contributed by atoms with Gasteiger partial charge in [0, 0.05) is 13.0 Å². The molecule has 41 heavy (non-hydrogen) atoms. The highest BCUT2D eigenvalue weighted by molar-refractivity contribution is 7.47. The second-order valence-corrected chi connectivity index (χ2v) is 13.3. The lowest BCUT2D eigenvalue weighted by atomic mass is 10.1. The number of allylic oxidation sites excluding steroid dienone is 4. The summed E-state index contributed by atoms with van der Waals surface area (Å²) in [6.45, 7) is 5.42. The molecular weight excluding hydrogens is 541 g/mol. The Balaban J connectivity index is 4.26. The number of esters is 1. The van der Waals surface area contributed by atoms with E-state index in [-0.39, 0.29) is 25.8 Å². The minimum absolute atomic E-state index is 0.0867. The third kappa shape index (κ3) is 30.2. The van der Waals surface area contributed by atoms with Crippen molar-refractivity contribution in [2.45, 2.75) is 123 Å². The Morgan fingerprint density at radius 2 is 1.39 bits per heavy atom. The van der Waals surface area contributed by atoms with Crippen molar-refractivity contribution in [3.05, 3.63) is 24.3 Å². The normalized spacial score (nSPS) is 14.6. The molecule has 8 nitrogen and oxygen atoms in total. The Labute approximate surface area is 252 Å². The molecule has 242 valence electrons. The Morgan fingerprint density at radius 3 is 2.07 bits per heavy atom. The number of ether oxygens (including phenoxy) is 2. The monoisotopic (exact) mass is 604 g/mol. The number of rotatable bonds is 29. The first kappa shape index (κ1) is 40.0. The third-order valence-corrected chi connectivity index (χ3v) is 7.48. The number of phosphoric ester groups is 1. The van der Waals surface area contributed by atoms with Crippen molar-refractivity contribution in [2.24, 2.45) is 0 Å². The summed E-state index contributed by atoms with van der Waals surface area (Å²) in [5.41, 5.74) is 0. The molecule has 9 heteroatoms. The molecule has 0 saturated heterocycles. The summed E-state index contributed by atoms with van der Waals surface area (Å²) in [6, 6.07) is 0. The summed E-state index contributed by atoms with van der Waals surface area (Å²) >= 11 is 0. The molecule has 0 saturated carbocycles. The summed E-state index contributed by atoms with van der Waals surface area (Å²) in [4.78, 5) is 22.4. The molecule has 2 atom stereocenters. The zero-order valence-corrected chi connectivity index (χ0v) is 27.9. The number of hydrogen-bond acceptors (Lipinski definition) is 6. The topological polar surface area (TPSA) is 91.3 Å². The lowest BCUT2D eigenvalue weighted by Gasteiger charge is -2.24. The summed E-state index contributed by atoms with van der Waals surface area (Å²) in [7, 11) is 1.65. The van der Waals surface area contributed by atoms with Gasteiger partial charge in [-0.2, -0.15) is 0 Å². The molecule has 0 aliphatic heterocycles. The van der Waals surface area contributed by atoms with Gasteiger partial charge < -0.3 is 18.9 Å². The van der Waals surface area contributed by atoms with E-state index in [2.05, 4.69) is 38.2 Å². The maximum atomic E-state index is 12.4. The molecule has 0 aliphatic carbocycles. The molecule has 0 radical (unpaired) electrons. The van der Waals surface area contributed by atoms with Gasteiger partial charge in [-0.3, -0.25) is 13.8 Å². The Kier molecular flexibility index (Phi) is 25.9. The Bertz CT molecular complexity index is 721. The van der Waals surface area contributed by atoms with Crippen LogP contribution in [0, 0.1) is 0 Å². The number of nitrogens with zero attached hydrogens (tertiary/aromatic N) is 1. The van der Waals surface area contributed by atoms with Crippen molar-refractivity contribution in [1.29, 1.82) is 0 Å². The van der Waals surface area contributed by atoms with E-state index in [1.807, 2.05) is 21.1 Å². The second-order valence-electron chi connectivity index (χ2n) is 11.8. The lowest BCUT2D eigenvalue weighted by Crippen LogP contribution is -2.37. The van der Waals surface area contributed by atoms with Gasteiger partial charge in [-0.1, -0.05) is 95.9 Å². The van der Waals surface area contributed by atoms with Crippen LogP contribution in [0.1, 0.15) is 117 Å². The van der Waals surface area contributed by atoms with Gasteiger partial charge in [0.15, 0.2) is 0 Å². The first-order chi connectivity index (χ1) is 19.6. The van der Waals surface area contributed by atoms with Gasteiger partial charge >= 0.3 is 13.8 Å². The zero-order chi connectivity index (χ0) is 30.7. The summed E-state index contributed by atoms with van der Waals surface area (Å²) in [5.74, 6) is -0.333. The fraction of sp³-hybridized carbons (Fsp3) is 0.844. The molecule has 0 spiro atoms. The van der Waals surface area contributed by atoms with E-state index in [9.17, 15) is 14.3 Å². The molecule has 0 rings (SSSR count). The number of quaternary nitrogens is 1. The van der Waals surface area contributed by atoms with E-state index < -0.39 is 13.9 Å². The molecule has 2 unspecified atom stereocenters. The third-order valence-electron chi connectivity index (χ3n) is 6.50. The minimum atomic E-state index is -4.25. The molecule has 0 amide bonds. The highest BCUT2D eigenvalue weighted by atomic mass is 31.2. The molecular formula is C32H63NO7P+. The van der Waals surface area contributed by atoms with Crippen LogP contribution in [0.5, 0.6) is 0 Å². The number of phosphoric acid groups is 1. The fourth-order valence-corrected chi connectivity index (χ4v) is 4.68. The number of carbonyl (C=O) groups is 1. The van der Waals surface area contributed by atoms with Crippen LogP contribution in [0.2, 0.25) is 0 Å². The molecule has 0 aromatic heterocycles. The number of unbranched alkanes of at least 4 members (excludes halogenated alkanes) is 11. The summed E-state index contributed by atoms with van der Waals surface area (Å²) in [6.07, 6.45) is 25.2. The molecule has 0 aromatic rings. The Morgan fingerprint density at radius 1 is 0.756 bits per heavy atom. The molecule has 0 heterocycles. The van der Waals surface area contributed by atoms with E-state index >= 15 is 0 Å². The molecule has 0 aliphatic rings. The van der Waals surface area contributed by atoms with Crippen LogP contribution in [0.15, 0.2) is 24.3 Å². The maximum absolute atomic E-state index is 12.4. The van der Waals surface area contributed by atoms with Crippen LogP contribution in [0.4, 0.5) is 0 Å². The van der Waals surface area contributed by atoms with E-state index in [1.54, 1.807) is 0 Å². The van der Waals surface area contributed by atoms with Gasteiger partial charge in [0.1, 0.15) is 19.3 Å². The SMILES string of the molecule is CCC/C=C\C/C=C\CCCCCCCCOCC(COP(=O)(O)OCC[N+](C)(C)C)OC(=O)CCCCCCC. The fourth-order valence-electron chi connectivity index (χ4n) is 3.94. The van der Waals surface area contributed by atoms with E-state index in [0.29, 0.717) is 24.1 Å². The van der Waals surface area contributed by atoms with Crippen molar-refractivity contribution < 1.29 is 37.3 Å². The van der Waals surface area contributed by atoms with Crippen molar-refractivity contribution in [3.8, 4) is 0 Å².